The van der Waals surface area contributed by atoms with Crippen molar-refractivity contribution in [2.45, 2.75) is 19.8 Å². The maximum atomic E-state index is 5.87. The maximum Gasteiger partial charge on any atom is 0.138 e. The van der Waals surface area contributed by atoms with Crippen LogP contribution in [0.2, 0.25) is 0 Å². The number of ether oxygens (including phenoxy) is 1. The minimum Gasteiger partial charge on any atom is -0.494 e. The summed E-state index contributed by atoms with van der Waals surface area (Å²) in [7, 11) is 0. The highest BCUT2D eigenvalue weighted by atomic mass is 16.5. The average molecular weight is 316 g/mol. The highest BCUT2D eigenvalue weighted by Gasteiger charge is 2.11. The van der Waals surface area contributed by atoms with Crippen molar-refractivity contribution in [1.82, 2.24) is 9.97 Å². The fraction of sp³-hybridized carbons (Fsp3) is 0.190. The Hall–Kier alpha value is -2.81. The third-order valence-corrected chi connectivity index (χ3v) is 4.31. The largest absolute Gasteiger partial charge is 0.494 e. The molecule has 0 amide bonds. The fourth-order valence-corrected chi connectivity index (χ4v) is 3.10. The molecule has 3 nitrogen and oxygen atoms in total. The van der Waals surface area contributed by atoms with Gasteiger partial charge in [-0.15, -0.1) is 0 Å². The minimum atomic E-state index is 0.763. The van der Waals surface area contributed by atoms with Crippen LogP contribution in [0.1, 0.15) is 19.8 Å². The molecule has 0 fully saturated rings. The van der Waals surface area contributed by atoms with Crippen molar-refractivity contribution in [3.63, 3.8) is 0 Å². The Morgan fingerprint density at radius 1 is 1.04 bits per heavy atom. The monoisotopic (exact) mass is 316 g/mol. The Bertz CT molecular complexity index is 987. The van der Waals surface area contributed by atoms with Gasteiger partial charge in [-0.3, -0.25) is 0 Å². The summed E-state index contributed by atoms with van der Waals surface area (Å²) in [5, 5.41) is 2.37. The third-order valence-electron chi connectivity index (χ3n) is 4.31. The number of H-pyrrole nitrogens is 1. The number of unbranched alkanes of at least 4 members (excludes halogenated alkanes) is 1. The first kappa shape index (κ1) is 14.8. The van der Waals surface area contributed by atoms with Gasteiger partial charge in [0, 0.05) is 22.5 Å². The van der Waals surface area contributed by atoms with Crippen molar-refractivity contribution in [1.29, 1.82) is 0 Å². The van der Waals surface area contributed by atoms with E-state index in [0.717, 1.165) is 41.9 Å². The Labute approximate surface area is 141 Å². The van der Waals surface area contributed by atoms with Gasteiger partial charge >= 0.3 is 0 Å². The van der Waals surface area contributed by atoms with E-state index in [-0.39, 0.29) is 0 Å². The van der Waals surface area contributed by atoms with Crippen LogP contribution in [0.4, 0.5) is 0 Å². The zero-order valence-corrected chi connectivity index (χ0v) is 13.8. The number of fused-ring (bicyclic) bond motifs is 3. The number of pyridine rings is 1. The number of nitrogens with zero attached hydrogens (tertiary/aromatic N) is 1. The molecule has 24 heavy (non-hydrogen) atoms. The molecule has 4 rings (SSSR count). The van der Waals surface area contributed by atoms with E-state index in [1.54, 1.807) is 0 Å². The van der Waals surface area contributed by atoms with Crippen LogP contribution in [0, 0.1) is 0 Å². The molecule has 2 heterocycles. The number of rotatable bonds is 5. The standard InChI is InChI=1S/C21H20N2O/c1-2-3-13-24-16-8-6-7-15(14-16)17-11-12-22-21-20(17)18-9-4-5-10-19(18)23-21/h4-12,14H,2-3,13H2,1H3,(H,22,23). The Morgan fingerprint density at radius 2 is 1.96 bits per heavy atom. The molecule has 0 spiro atoms. The molecule has 0 aliphatic rings. The molecule has 2 aromatic heterocycles. The Balaban J connectivity index is 1.83. The summed E-state index contributed by atoms with van der Waals surface area (Å²) in [5.41, 5.74) is 4.37. The van der Waals surface area contributed by atoms with E-state index < -0.39 is 0 Å². The fourth-order valence-electron chi connectivity index (χ4n) is 3.10. The van der Waals surface area contributed by atoms with E-state index in [4.69, 9.17) is 4.74 Å². The average Bonchev–Trinajstić information content (AvgIpc) is 3.01. The first-order valence-electron chi connectivity index (χ1n) is 8.45. The molecule has 0 aliphatic heterocycles. The SMILES string of the molecule is CCCCOc1cccc(-c2ccnc3[nH]c4ccccc4c23)c1. The van der Waals surface area contributed by atoms with E-state index in [1.165, 1.54) is 16.3 Å². The van der Waals surface area contributed by atoms with E-state index >= 15 is 0 Å². The predicted octanol–water partition coefficient (Wildman–Crippen LogP) is 5.56. The first-order chi connectivity index (χ1) is 11.9. The van der Waals surface area contributed by atoms with Crippen molar-refractivity contribution in [3.8, 4) is 16.9 Å². The molecular formula is C21H20N2O. The summed E-state index contributed by atoms with van der Waals surface area (Å²) in [5.74, 6) is 0.922. The molecule has 3 heteroatoms. The van der Waals surface area contributed by atoms with Gasteiger partial charge in [-0.05, 0) is 41.8 Å². The van der Waals surface area contributed by atoms with Crippen LogP contribution in [0.25, 0.3) is 33.1 Å². The number of hydrogen-bond donors (Lipinski definition) is 1. The topological polar surface area (TPSA) is 37.9 Å². The Morgan fingerprint density at radius 3 is 2.88 bits per heavy atom. The van der Waals surface area contributed by atoms with Crippen LogP contribution >= 0.6 is 0 Å². The minimum absolute atomic E-state index is 0.763. The van der Waals surface area contributed by atoms with Gasteiger partial charge in [0.05, 0.1) is 6.61 Å². The molecule has 120 valence electrons. The molecule has 4 aromatic rings. The second kappa shape index (κ2) is 6.36. The van der Waals surface area contributed by atoms with Crippen LogP contribution in [0.5, 0.6) is 5.75 Å². The molecule has 0 bridgehead atoms. The lowest BCUT2D eigenvalue weighted by Gasteiger charge is -2.09. The molecule has 0 radical (unpaired) electrons. The normalized spacial score (nSPS) is 11.2. The van der Waals surface area contributed by atoms with E-state index in [0.29, 0.717) is 0 Å². The van der Waals surface area contributed by atoms with Crippen LogP contribution in [0.15, 0.2) is 60.8 Å². The van der Waals surface area contributed by atoms with E-state index in [2.05, 4.69) is 59.4 Å². The van der Waals surface area contributed by atoms with E-state index in [9.17, 15) is 0 Å². The van der Waals surface area contributed by atoms with Crippen molar-refractivity contribution >= 4 is 21.9 Å². The number of aromatic nitrogens is 2. The van der Waals surface area contributed by atoms with Gasteiger partial charge in [-0.2, -0.15) is 0 Å². The summed E-state index contributed by atoms with van der Waals surface area (Å²) < 4.78 is 5.87. The number of nitrogens with one attached hydrogen (secondary N) is 1. The summed E-state index contributed by atoms with van der Waals surface area (Å²) in [6.45, 7) is 2.93. The molecule has 0 aliphatic carbocycles. The quantitative estimate of drug-likeness (QED) is 0.489. The van der Waals surface area contributed by atoms with Gasteiger partial charge in [0.2, 0.25) is 0 Å². The molecule has 0 saturated heterocycles. The molecule has 2 aromatic carbocycles. The van der Waals surface area contributed by atoms with Crippen molar-refractivity contribution in [2.75, 3.05) is 6.61 Å². The highest BCUT2D eigenvalue weighted by Crippen LogP contribution is 2.34. The van der Waals surface area contributed by atoms with Gasteiger partial charge in [0.1, 0.15) is 11.4 Å². The lowest BCUT2D eigenvalue weighted by Crippen LogP contribution is -1.96. The van der Waals surface area contributed by atoms with Crippen molar-refractivity contribution in [2.24, 2.45) is 0 Å². The van der Waals surface area contributed by atoms with Gasteiger partial charge in [-0.25, -0.2) is 4.98 Å². The summed E-state index contributed by atoms with van der Waals surface area (Å²) in [6, 6.07) is 18.7. The molecule has 1 N–H and O–H groups in total. The second-order valence-electron chi connectivity index (χ2n) is 5.98. The molecule has 0 unspecified atom stereocenters. The lowest BCUT2D eigenvalue weighted by atomic mass is 10.0. The summed E-state index contributed by atoms with van der Waals surface area (Å²) >= 11 is 0. The zero-order valence-electron chi connectivity index (χ0n) is 13.8. The van der Waals surface area contributed by atoms with Gasteiger partial charge < -0.3 is 9.72 Å². The number of para-hydroxylation sites is 1. The highest BCUT2D eigenvalue weighted by molar-refractivity contribution is 6.12. The van der Waals surface area contributed by atoms with Crippen molar-refractivity contribution < 1.29 is 4.74 Å². The van der Waals surface area contributed by atoms with Gasteiger partial charge in [0.15, 0.2) is 0 Å². The second-order valence-corrected chi connectivity index (χ2v) is 5.98. The van der Waals surface area contributed by atoms with E-state index in [1.807, 2.05) is 18.3 Å². The molecular weight excluding hydrogens is 296 g/mol. The summed E-state index contributed by atoms with van der Waals surface area (Å²) in [4.78, 5) is 7.90. The lowest BCUT2D eigenvalue weighted by molar-refractivity contribution is 0.309. The first-order valence-corrected chi connectivity index (χ1v) is 8.45. The zero-order chi connectivity index (χ0) is 16.4. The number of aromatic amines is 1. The van der Waals surface area contributed by atoms with Gasteiger partial charge in [-0.1, -0.05) is 43.7 Å². The molecule has 0 saturated carbocycles. The Kier molecular flexibility index (Phi) is 3.91. The van der Waals surface area contributed by atoms with Crippen LogP contribution in [-0.2, 0) is 0 Å². The van der Waals surface area contributed by atoms with Crippen molar-refractivity contribution in [3.05, 3.63) is 60.8 Å². The summed E-state index contributed by atoms with van der Waals surface area (Å²) in [6.07, 6.45) is 4.07. The smallest absolute Gasteiger partial charge is 0.138 e. The predicted molar refractivity (Wildman–Crippen MR) is 99.4 cm³/mol. The number of benzene rings is 2. The number of hydrogen-bond acceptors (Lipinski definition) is 2. The van der Waals surface area contributed by atoms with Crippen LogP contribution in [0.3, 0.4) is 0 Å². The maximum absolute atomic E-state index is 5.87. The van der Waals surface area contributed by atoms with Crippen LogP contribution < -0.4 is 4.74 Å². The third kappa shape index (κ3) is 2.62. The molecule has 0 atom stereocenters. The van der Waals surface area contributed by atoms with Gasteiger partial charge in [0.25, 0.3) is 0 Å². The van der Waals surface area contributed by atoms with Crippen LogP contribution in [-0.4, -0.2) is 16.6 Å².